The van der Waals surface area contributed by atoms with Gasteiger partial charge in [-0.3, -0.25) is 9.69 Å². The molecule has 1 aromatic rings. The second kappa shape index (κ2) is 7.49. The van der Waals surface area contributed by atoms with Crippen molar-refractivity contribution in [2.45, 2.75) is 50.6 Å². The average molecular weight is 347 g/mol. The van der Waals surface area contributed by atoms with Crippen LogP contribution in [-0.2, 0) is 11.3 Å². The quantitative estimate of drug-likeness (QED) is 0.634. The van der Waals surface area contributed by atoms with Crippen LogP contribution in [0.4, 0.5) is 4.79 Å². The molecule has 2 aliphatic rings. The van der Waals surface area contributed by atoms with Gasteiger partial charge in [0.2, 0.25) is 0 Å². The number of carbonyl (C=O) groups is 2. The smallest absolute Gasteiger partial charge is 0.323 e. The second-order valence-electron chi connectivity index (χ2n) is 6.68. The van der Waals surface area contributed by atoms with Crippen molar-refractivity contribution in [2.24, 2.45) is 0 Å². The summed E-state index contributed by atoms with van der Waals surface area (Å²) in [5.41, 5.74) is -0.656. The predicted molar refractivity (Wildman–Crippen MR) is 95.6 cm³/mol. The van der Waals surface area contributed by atoms with Crippen LogP contribution in [0, 0.1) is 0 Å². The summed E-state index contributed by atoms with van der Waals surface area (Å²) in [6.07, 6.45) is 7.64. The first-order chi connectivity index (χ1) is 11.6. The lowest BCUT2D eigenvalue weighted by Crippen LogP contribution is -2.47. The minimum absolute atomic E-state index is 0.0466. The van der Waals surface area contributed by atoms with Crippen LogP contribution in [0.25, 0.3) is 0 Å². The van der Waals surface area contributed by atoms with Gasteiger partial charge in [-0.15, -0.1) is 17.9 Å². The van der Waals surface area contributed by atoms with Crippen molar-refractivity contribution in [1.29, 1.82) is 0 Å². The van der Waals surface area contributed by atoms with Gasteiger partial charge in [-0.05, 0) is 24.3 Å². The molecule has 0 unspecified atom stereocenters. The normalized spacial score (nSPS) is 20.5. The van der Waals surface area contributed by atoms with Gasteiger partial charge in [-0.1, -0.05) is 37.8 Å². The minimum Gasteiger partial charge on any atom is -0.323 e. The Labute approximate surface area is 147 Å². The average Bonchev–Trinajstić information content (AvgIpc) is 3.05. The fraction of sp³-hybridized carbons (Fsp3) is 0.556. The van der Waals surface area contributed by atoms with E-state index in [1.807, 2.05) is 17.5 Å². The Balaban J connectivity index is 1.71. The van der Waals surface area contributed by atoms with Gasteiger partial charge in [0.25, 0.3) is 5.91 Å². The largest absolute Gasteiger partial charge is 0.326 e. The molecule has 1 saturated heterocycles. The molecule has 0 atom stereocenters. The number of carbonyl (C=O) groups excluding carboxylic acids is 2. The molecule has 2 fully saturated rings. The van der Waals surface area contributed by atoms with E-state index in [4.69, 9.17) is 0 Å². The first kappa shape index (κ1) is 17.2. The number of hydrogen-bond donors (Lipinski definition) is 1. The van der Waals surface area contributed by atoms with Crippen LogP contribution in [0.3, 0.4) is 0 Å². The highest BCUT2D eigenvalue weighted by Gasteiger charge is 2.50. The third-order valence-electron chi connectivity index (χ3n) is 4.89. The highest BCUT2D eigenvalue weighted by Crippen LogP contribution is 2.32. The Morgan fingerprint density at radius 1 is 1.29 bits per heavy atom. The molecule has 24 heavy (non-hydrogen) atoms. The van der Waals surface area contributed by atoms with Crippen LogP contribution in [0.5, 0.6) is 0 Å². The van der Waals surface area contributed by atoms with Gasteiger partial charge in [0, 0.05) is 18.0 Å². The van der Waals surface area contributed by atoms with E-state index >= 15 is 0 Å². The van der Waals surface area contributed by atoms with Crippen LogP contribution >= 0.6 is 11.3 Å². The van der Waals surface area contributed by atoms with Gasteiger partial charge < -0.3 is 5.32 Å². The lowest BCUT2D eigenvalue weighted by atomic mass is 9.90. The third kappa shape index (κ3) is 3.54. The molecule has 1 saturated carbocycles. The zero-order valence-corrected chi connectivity index (χ0v) is 14.8. The van der Waals surface area contributed by atoms with E-state index in [1.165, 1.54) is 9.78 Å². The van der Waals surface area contributed by atoms with Gasteiger partial charge in [0.05, 0.1) is 6.67 Å². The summed E-state index contributed by atoms with van der Waals surface area (Å²) in [5, 5.41) is 5.04. The maximum absolute atomic E-state index is 13.0. The van der Waals surface area contributed by atoms with Gasteiger partial charge in [0.15, 0.2) is 0 Å². The van der Waals surface area contributed by atoms with Crippen molar-refractivity contribution in [2.75, 3.05) is 13.2 Å². The van der Waals surface area contributed by atoms with Crippen molar-refractivity contribution < 1.29 is 9.59 Å². The number of imide groups is 1. The Morgan fingerprint density at radius 3 is 2.67 bits per heavy atom. The summed E-state index contributed by atoms with van der Waals surface area (Å²) in [5.74, 6) is -0.0466. The van der Waals surface area contributed by atoms with Gasteiger partial charge in [0.1, 0.15) is 5.54 Å². The SMILES string of the molecule is C=CCN(Cc1cccs1)CN1C(=O)NC2(CCCCCC2)C1=O. The van der Waals surface area contributed by atoms with Crippen LogP contribution in [-0.4, -0.2) is 40.5 Å². The fourth-order valence-electron chi connectivity index (χ4n) is 3.65. The van der Waals surface area contributed by atoms with E-state index in [-0.39, 0.29) is 11.9 Å². The maximum atomic E-state index is 13.0. The summed E-state index contributed by atoms with van der Waals surface area (Å²) < 4.78 is 0. The lowest BCUT2D eigenvalue weighted by Gasteiger charge is -2.27. The van der Waals surface area contributed by atoms with E-state index in [0.29, 0.717) is 19.8 Å². The standard InChI is InChI=1S/C18H25N3O2S/c1-2-11-20(13-15-8-7-12-24-15)14-21-16(22)18(19-17(21)23)9-5-3-4-6-10-18/h2,7-8,12H,1,3-6,9-11,13-14H2,(H,19,23). The van der Waals surface area contributed by atoms with E-state index < -0.39 is 5.54 Å². The van der Waals surface area contributed by atoms with E-state index in [9.17, 15) is 9.59 Å². The van der Waals surface area contributed by atoms with Gasteiger partial charge >= 0.3 is 6.03 Å². The number of thiophene rings is 1. The number of urea groups is 1. The lowest BCUT2D eigenvalue weighted by molar-refractivity contribution is -0.133. The first-order valence-electron chi connectivity index (χ1n) is 8.64. The van der Waals surface area contributed by atoms with Crippen LogP contribution in [0.1, 0.15) is 43.4 Å². The molecule has 1 spiro atoms. The van der Waals surface area contributed by atoms with Crippen molar-refractivity contribution in [3.8, 4) is 0 Å². The molecule has 1 aliphatic heterocycles. The van der Waals surface area contributed by atoms with Gasteiger partial charge in [-0.2, -0.15) is 0 Å². The first-order valence-corrected chi connectivity index (χ1v) is 9.52. The Bertz CT molecular complexity index is 591. The molecule has 3 rings (SSSR count). The van der Waals surface area contributed by atoms with E-state index in [2.05, 4.69) is 22.9 Å². The molecule has 1 aromatic heterocycles. The molecule has 130 valence electrons. The Morgan fingerprint density at radius 2 is 2.04 bits per heavy atom. The molecular formula is C18H25N3O2S. The zero-order chi connectivity index (χ0) is 17.0. The Hall–Kier alpha value is -1.66. The number of amides is 3. The Kier molecular flexibility index (Phi) is 5.36. The second-order valence-corrected chi connectivity index (χ2v) is 7.71. The molecule has 0 aromatic carbocycles. The number of nitrogens with zero attached hydrogens (tertiary/aromatic N) is 2. The van der Waals surface area contributed by atoms with E-state index in [0.717, 1.165) is 38.5 Å². The molecule has 0 radical (unpaired) electrons. The molecule has 3 amide bonds. The van der Waals surface area contributed by atoms with Crippen molar-refractivity contribution in [1.82, 2.24) is 15.1 Å². The van der Waals surface area contributed by atoms with Crippen molar-refractivity contribution >= 4 is 23.3 Å². The summed E-state index contributed by atoms with van der Waals surface area (Å²) in [6.45, 7) is 5.47. The molecular weight excluding hydrogens is 322 g/mol. The number of rotatable bonds is 6. The van der Waals surface area contributed by atoms with Crippen LogP contribution < -0.4 is 5.32 Å². The summed E-state index contributed by atoms with van der Waals surface area (Å²) in [4.78, 5) is 30.1. The maximum Gasteiger partial charge on any atom is 0.326 e. The predicted octanol–water partition coefficient (Wildman–Crippen LogP) is 3.34. The highest BCUT2D eigenvalue weighted by atomic mass is 32.1. The number of hydrogen-bond acceptors (Lipinski definition) is 4. The summed E-state index contributed by atoms with van der Waals surface area (Å²) in [6, 6.07) is 3.84. The molecule has 2 heterocycles. The van der Waals surface area contributed by atoms with Crippen LogP contribution in [0.15, 0.2) is 30.2 Å². The highest BCUT2D eigenvalue weighted by molar-refractivity contribution is 7.09. The molecule has 0 bridgehead atoms. The van der Waals surface area contributed by atoms with Crippen LogP contribution in [0.2, 0.25) is 0 Å². The summed E-state index contributed by atoms with van der Waals surface area (Å²) in [7, 11) is 0. The van der Waals surface area contributed by atoms with Crippen molar-refractivity contribution in [3.05, 3.63) is 35.0 Å². The summed E-state index contributed by atoms with van der Waals surface area (Å²) >= 11 is 1.68. The van der Waals surface area contributed by atoms with Gasteiger partial charge in [-0.25, -0.2) is 9.69 Å². The zero-order valence-electron chi connectivity index (χ0n) is 14.0. The minimum atomic E-state index is -0.656. The molecule has 1 N–H and O–H groups in total. The number of nitrogens with one attached hydrogen (secondary N) is 1. The third-order valence-corrected chi connectivity index (χ3v) is 5.75. The molecule has 5 nitrogen and oxygen atoms in total. The monoisotopic (exact) mass is 347 g/mol. The van der Waals surface area contributed by atoms with E-state index in [1.54, 1.807) is 11.3 Å². The molecule has 6 heteroatoms. The van der Waals surface area contributed by atoms with Crippen molar-refractivity contribution in [3.63, 3.8) is 0 Å². The molecule has 1 aliphatic carbocycles. The topological polar surface area (TPSA) is 52.6 Å². The fourth-order valence-corrected chi connectivity index (χ4v) is 4.40.